The highest BCUT2D eigenvalue weighted by molar-refractivity contribution is 5.50. The van der Waals surface area contributed by atoms with Crippen molar-refractivity contribution >= 4 is 5.95 Å². The summed E-state index contributed by atoms with van der Waals surface area (Å²) in [6.45, 7) is 5.93. The zero-order valence-corrected chi connectivity index (χ0v) is 11.1. The van der Waals surface area contributed by atoms with Crippen LogP contribution in [-0.2, 0) is 11.6 Å². The third-order valence-corrected chi connectivity index (χ3v) is 5.33. The quantitative estimate of drug-likeness (QED) is 0.788. The van der Waals surface area contributed by atoms with Crippen LogP contribution in [0.3, 0.4) is 0 Å². The Morgan fingerprint density at radius 2 is 1.84 bits per heavy atom. The average molecular weight is 271 g/mol. The van der Waals surface area contributed by atoms with Crippen LogP contribution in [0.5, 0.6) is 0 Å². The molecular formula is C13H16F3N3. The van der Waals surface area contributed by atoms with Crippen LogP contribution in [0.2, 0.25) is 0 Å². The van der Waals surface area contributed by atoms with Gasteiger partial charge in [0, 0.05) is 16.9 Å². The SMILES string of the molecule is CC1(C)[C@H]2CC[C@]1(C)c1c2nc(N)nc1C(F)(F)F. The number of nitrogen functional groups attached to an aromatic ring is 1. The molecule has 0 aromatic carbocycles. The molecule has 0 amide bonds. The highest BCUT2D eigenvalue weighted by Gasteiger charge is 2.63. The van der Waals surface area contributed by atoms with Crippen LogP contribution >= 0.6 is 0 Å². The van der Waals surface area contributed by atoms with E-state index in [0.717, 1.165) is 12.8 Å². The zero-order chi connectivity index (χ0) is 14.2. The molecule has 6 heteroatoms. The molecule has 0 spiro atoms. The second-order valence-corrected chi connectivity index (χ2v) is 6.33. The van der Waals surface area contributed by atoms with Crippen LogP contribution in [0.25, 0.3) is 0 Å². The first kappa shape index (κ1) is 12.7. The Balaban J connectivity index is 2.35. The molecular weight excluding hydrogens is 255 g/mol. The second kappa shape index (κ2) is 3.22. The van der Waals surface area contributed by atoms with E-state index in [2.05, 4.69) is 9.97 Å². The van der Waals surface area contributed by atoms with Gasteiger partial charge in [-0.2, -0.15) is 13.2 Å². The first-order valence-electron chi connectivity index (χ1n) is 6.34. The van der Waals surface area contributed by atoms with Crippen LogP contribution in [0, 0.1) is 5.41 Å². The lowest BCUT2D eigenvalue weighted by Crippen LogP contribution is -2.33. The molecule has 2 N–H and O–H groups in total. The fourth-order valence-corrected chi connectivity index (χ4v) is 3.92. The van der Waals surface area contributed by atoms with E-state index >= 15 is 0 Å². The average Bonchev–Trinajstić information content (AvgIpc) is 2.56. The van der Waals surface area contributed by atoms with E-state index in [0.29, 0.717) is 5.69 Å². The molecule has 0 radical (unpaired) electrons. The van der Waals surface area contributed by atoms with Gasteiger partial charge in [0.25, 0.3) is 0 Å². The van der Waals surface area contributed by atoms with E-state index in [1.54, 1.807) is 0 Å². The summed E-state index contributed by atoms with van der Waals surface area (Å²) in [6, 6.07) is 0. The maximum absolute atomic E-state index is 13.2. The number of alkyl halides is 3. The van der Waals surface area contributed by atoms with Gasteiger partial charge in [-0.1, -0.05) is 20.8 Å². The van der Waals surface area contributed by atoms with Gasteiger partial charge in [-0.15, -0.1) is 0 Å². The van der Waals surface area contributed by atoms with E-state index in [1.165, 1.54) is 0 Å². The Morgan fingerprint density at radius 1 is 1.21 bits per heavy atom. The van der Waals surface area contributed by atoms with Crippen LogP contribution in [-0.4, -0.2) is 9.97 Å². The van der Waals surface area contributed by atoms with Crippen molar-refractivity contribution in [1.29, 1.82) is 0 Å². The molecule has 1 saturated carbocycles. The number of hydrogen-bond donors (Lipinski definition) is 1. The van der Waals surface area contributed by atoms with Crippen molar-refractivity contribution < 1.29 is 13.2 Å². The number of halogens is 3. The number of nitrogens with zero attached hydrogens (tertiary/aromatic N) is 2. The van der Waals surface area contributed by atoms with E-state index in [1.807, 2.05) is 20.8 Å². The smallest absolute Gasteiger partial charge is 0.368 e. The topological polar surface area (TPSA) is 51.8 Å². The minimum absolute atomic E-state index is 0.0406. The fraction of sp³-hybridized carbons (Fsp3) is 0.692. The van der Waals surface area contributed by atoms with Gasteiger partial charge in [0.15, 0.2) is 5.69 Å². The molecule has 1 aromatic heterocycles. The third-order valence-electron chi connectivity index (χ3n) is 5.33. The Morgan fingerprint density at radius 3 is 2.42 bits per heavy atom. The Labute approximate surface area is 109 Å². The molecule has 2 aliphatic carbocycles. The van der Waals surface area contributed by atoms with Gasteiger partial charge in [0.05, 0.1) is 5.69 Å². The molecule has 2 atom stereocenters. The molecule has 2 aliphatic rings. The molecule has 1 aromatic rings. The molecule has 3 nitrogen and oxygen atoms in total. The van der Waals surface area contributed by atoms with Crippen molar-refractivity contribution in [2.24, 2.45) is 5.41 Å². The second-order valence-electron chi connectivity index (χ2n) is 6.33. The van der Waals surface area contributed by atoms with Crippen LogP contribution in [0.4, 0.5) is 19.1 Å². The number of hydrogen-bond acceptors (Lipinski definition) is 3. The molecule has 2 bridgehead atoms. The summed E-state index contributed by atoms with van der Waals surface area (Å²) in [7, 11) is 0. The number of anilines is 1. The molecule has 3 rings (SSSR count). The van der Waals surface area contributed by atoms with Crippen LogP contribution < -0.4 is 5.73 Å². The first-order valence-corrected chi connectivity index (χ1v) is 6.34. The highest BCUT2D eigenvalue weighted by atomic mass is 19.4. The van der Waals surface area contributed by atoms with E-state index in [4.69, 9.17) is 5.73 Å². The Kier molecular flexibility index (Phi) is 2.15. The van der Waals surface area contributed by atoms with Gasteiger partial charge in [-0.05, 0) is 18.3 Å². The number of nitrogens with two attached hydrogens (primary N) is 1. The predicted molar refractivity (Wildman–Crippen MR) is 64.6 cm³/mol. The van der Waals surface area contributed by atoms with E-state index in [-0.39, 0.29) is 22.8 Å². The van der Waals surface area contributed by atoms with Crippen molar-refractivity contribution in [3.05, 3.63) is 17.0 Å². The number of aromatic nitrogens is 2. The minimum Gasteiger partial charge on any atom is -0.368 e. The molecule has 19 heavy (non-hydrogen) atoms. The zero-order valence-electron chi connectivity index (χ0n) is 11.1. The van der Waals surface area contributed by atoms with Gasteiger partial charge < -0.3 is 5.73 Å². The van der Waals surface area contributed by atoms with Gasteiger partial charge in [0.2, 0.25) is 5.95 Å². The van der Waals surface area contributed by atoms with Gasteiger partial charge in [0.1, 0.15) is 0 Å². The molecule has 0 saturated heterocycles. The summed E-state index contributed by atoms with van der Waals surface area (Å²) in [5.41, 5.74) is 4.66. The monoisotopic (exact) mass is 271 g/mol. The molecule has 104 valence electrons. The predicted octanol–water partition coefficient (Wildman–Crippen LogP) is 3.25. The van der Waals surface area contributed by atoms with Crippen LogP contribution in [0.1, 0.15) is 56.5 Å². The standard InChI is InChI=1S/C13H16F3N3/c1-11(2)6-4-5-12(11,3)7-8(6)18-10(17)19-9(7)13(14,15)16/h6H,4-5H2,1-3H3,(H2,17,18,19)/t6-,12+/m0/s1. The summed E-state index contributed by atoms with van der Waals surface area (Å²) in [4.78, 5) is 7.61. The van der Waals surface area contributed by atoms with Gasteiger partial charge >= 0.3 is 6.18 Å². The van der Waals surface area contributed by atoms with Crippen LogP contribution in [0.15, 0.2) is 0 Å². The normalized spacial score (nSPS) is 31.6. The van der Waals surface area contributed by atoms with Crippen molar-refractivity contribution in [1.82, 2.24) is 9.97 Å². The Hall–Kier alpha value is -1.33. The Bertz CT molecular complexity index is 565. The van der Waals surface area contributed by atoms with Gasteiger partial charge in [-0.3, -0.25) is 0 Å². The lowest BCUT2D eigenvalue weighted by atomic mass is 9.68. The third kappa shape index (κ3) is 1.34. The first-order chi connectivity index (χ1) is 8.59. The van der Waals surface area contributed by atoms with Gasteiger partial charge in [-0.25, -0.2) is 9.97 Å². The summed E-state index contributed by atoms with van der Waals surface area (Å²) in [5, 5.41) is 0. The fourth-order valence-electron chi connectivity index (χ4n) is 3.92. The lowest BCUT2D eigenvalue weighted by molar-refractivity contribution is -0.142. The largest absolute Gasteiger partial charge is 0.433 e. The van der Waals surface area contributed by atoms with E-state index < -0.39 is 17.3 Å². The minimum atomic E-state index is -4.48. The summed E-state index contributed by atoms with van der Waals surface area (Å²) in [6.07, 6.45) is -2.87. The molecule has 1 heterocycles. The van der Waals surface area contributed by atoms with Crippen molar-refractivity contribution in [2.45, 2.75) is 51.1 Å². The van der Waals surface area contributed by atoms with Crippen molar-refractivity contribution in [3.8, 4) is 0 Å². The number of fused-ring (bicyclic) bond motifs is 5. The lowest BCUT2D eigenvalue weighted by Gasteiger charge is -2.35. The maximum Gasteiger partial charge on any atom is 0.433 e. The number of rotatable bonds is 0. The molecule has 0 aliphatic heterocycles. The summed E-state index contributed by atoms with van der Waals surface area (Å²) >= 11 is 0. The molecule has 0 unspecified atom stereocenters. The van der Waals surface area contributed by atoms with Crippen molar-refractivity contribution in [2.75, 3.05) is 5.73 Å². The maximum atomic E-state index is 13.2. The summed E-state index contributed by atoms with van der Waals surface area (Å²) in [5.74, 6) is -0.239. The molecule has 1 fully saturated rings. The van der Waals surface area contributed by atoms with E-state index in [9.17, 15) is 13.2 Å². The summed E-state index contributed by atoms with van der Waals surface area (Å²) < 4.78 is 39.7. The van der Waals surface area contributed by atoms with Crippen molar-refractivity contribution in [3.63, 3.8) is 0 Å². The highest BCUT2D eigenvalue weighted by Crippen LogP contribution is 2.68.